The zero-order valence-electron chi connectivity index (χ0n) is 9.89. The van der Waals surface area contributed by atoms with E-state index >= 15 is 0 Å². The van der Waals surface area contributed by atoms with Crippen LogP contribution in [-0.2, 0) is 12.8 Å². The first-order chi connectivity index (χ1) is 7.12. The normalized spacial score (nSPS) is 9.33. The van der Waals surface area contributed by atoms with E-state index in [-0.39, 0.29) is 21.1 Å². The van der Waals surface area contributed by atoms with Gasteiger partial charge in [-0.05, 0) is 0 Å². The van der Waals surface area contributed by atoms with E-state index in [1.54, 1.807) is 0 Å². The Hall–Kier alpha value is 1.06. The molecule has 4 radical (unpaired) electrons. The fourth-order valence-corrected chi connectivity index (χ4v) is 2.64. The molecule has 15 heavy (non-hydrogen) atoms. The summed E-state index contributed by atoms with van der Waals surface area (Å²) >= 11 is 6.50. The van der Waals surface area contributed by atoms with Gasteiger partial charge in [0.2, 0.25) is 0 Å². The summed E-state index contributed by atoms with van der Waals surface area (Å²) in [5.74, 6) is 0. The molecule has 0 nitrogen and oxygen atoms in total. The molecule has 0 fully saturated rings. The van der Waals surface area contributed by atoms with Crippen LogP contribution in [0.4, 0.5) is 0 Å². The molecule has 0 spiro atoms. The Labute approximate surface area is 121 Å². The van der Waals surface area contributed by atoms with E-state index < -0.39 is 0 Å². The van der Waals surface area contributed by atoms with E-state index in [1.165, 1.54) is 20.1 Å². The van der Waals surface area contributed by atoms with Crippen LogP contribution in [0.5, 0.6) is 0 Å². The summed E-state index contributed by atoms with van der Waals surface area (Å²) in [6, 6.07) is 4.43. The van der Waals surface area contributed by atoms with Gasteiger partial charge in [0, 0.05) is 0 Å². The van der Waals surface area contributed by atoms with Crippen LogP contribution < -0.4 is 8.92 Å². The molecule has 1 aromatic carbocycles. The van der Waals surface area contributed by atoms with Gasteiger partial charge in [0.05, 0.1) is 0 Å². The molecule has 1 aromatic rings. The van der Waals surface area contributed by atoms with Crippen LogP contribution in [0, 0.1) is 0 Å². The second kappa shape index (κ2) is 9.13. The van der Waals surface area contributed by atoms with Gasteiger partial charge in [0.1, 0.15) is 0 Å². The molecule has 0 amide bonds. The molecule has 0 aliphatic carbocycles. The molecule has 0 atom stereocenters. The summed E-state index contributed by atoms with van der Waals surface area (Å²) in [6.07, 6.45) is 2.20. The molecule has 0 saturated heterocycles. The van der Waals surface area contributed by atoms with Gasteiger partial charge in [0.15, 0.2) is 0 Å². The average Bonchev–Trinajstić information content (AvgIpc) is 2.23. The summed E-state index contributed by atoms with van der Waals surface area (Å²) in [7, 11) is 0. The van der Waals surface area contributed by atoms with Crippen molar-refractivity contribution < 1.29 is 0 Å². The minimum absolute atomic E-state index is 0.230. The van der Waals surface area contributed by atoms with E-state index in [4.69, 9.17) is 0 Å². The van der Waals surface area contributed by atoms with Crippen LogP contribution in [-0.4, -0.2) is 53.2 Å². The van der Waals surface area contributed by atoms with E-state index in [1.807, 2.05) is 0 Å². The predicted molar refractivity (Wildman–Crippen MR) is 73.5 cm³/mol. The SMILES string of the molecule is CCc1ccc(CC)c([Se])c1[Se].[CH3][Sn][CH3]. The maximum absolute atomic E-state index is 3.13. The third-order valence-corrected chi connectivity index (χ3v) is 4.65. The number of rotatable bonds is 2. The van der Waals surface area contributed by atoms with E-state index in [9.17, 15) is 0 Å². The summed E-state index contributed by atoms with van der Waals surface area (Å²) in [5, 5.41) is 0. The molecule has 82 valence electrons. The van der Waals surface area contributed by atoms with Crippen molar-refractivity contribution in [2.24, 2.45) is 0 Å². The number of hydrogen-bond donors (Lipinski definition) is 0. The molecule has 0 unspecified atom stereocenters. The fraction of sp³-hybridized carbons (Fsp3) is 0.500. The average molecular weight is 439 g/mol. The fourth-order valence-electron chi connectivity index (χ4n) is 1.20. The molecule has 0 aliphatic heterocycles. The summed E-state index contributed by atoms with van der Waals surface area (Å²) in [6.45, 7) is 4.36. The van der Waals surface area contributed by atoms with E-state index in [0.29, 0.717) is 0 Å². The molecule has 1 rings (SSSR count). The molecule has 0 saturated carbocycles. The van der Waals surface area contributed by atoms with E-state index in [2.05, 4.69) is 67.9 Å². The van der Waals surface area contributed by atoms with Gasteiger partial charge in [-0.1, -0.05) is 0 Å². The number of benzene rings is 1. The first-order valence-electron chi connectivity index (χ1n) is 5.19. The monoisotopic (exact) mass is 442 g/mol. The third kappa shape index (κ3) is 5.28. The molecule has 0 bridgehead atoms. The standard InChI is InChI=1S/C10H12Se2.2CH3.Sn/c1-3-7-5-6-8(4-2)10(12)9(7)11;;;/h5-6H,3-4H2,1-2H3;2*1H3;. The molecule has 0 aromatic heterocycles. The van der Waals surface area contributed by atoms with Crippen molar-refractivity contribution in [3.8, 4) is 0 Å². The first kappa shape index (κ1) is 16.1. The molecule has 0 N–H and O–H groups in total. The maximum atomic E-state index is 3.13. The Morgan fingerprint density at radius 3 is 1.40 bits per heavy atom. The van der Waals surface area contributed by atoms with Gasteiger partial charge in [-0.3, -0.25) is 0 Å². The van der Waals surface area contributed by atoms with Gasteiger partial charge in [-0.15, -0.1) is 0 Å². The van der Waals surface area contributed by atoms with Crippen molar-refractivity contribution in [2.45, 2.75) is 36.6 Å². The molecule has 0 heterocycles. The predicted octanol–water partition coefficient (Wildman–Crippen LogP) is 1.19. The van der Waals surface area contributed by atoms with Crippen molar-refractivity contribution in [1.29, 1.82) is 0 Å². The van der Waals surface area contributed by atoms with E-state index in [0.717, 1.165) is 12.8 Å². The molecular formula is C12H18Se2Sn. The molecular weight excluding hydrogens is 421 g/mol. The zero-order chi connectivity index (χ0) is 11.8. The number of hydrogen-bond acceptors (Lipinski definition) is 0. The summed E-state index contributed by atoms with van der Waals surface area (Å²) in [4.78, 5) is 4.59. The Kier molecular flexibility index (Phi) is 9.77. The van der Waals surface area contributed by atoms with Crippen molar-refractivity contribution in [1.82, 2.24) is 0 Å². The third-order valence-electron chi connectivity index (χ3n) is 2.04. The van der Waals surface area contributed by atoms with Crippen molar-refractivity contribution in [3.63, 3.8) is 0 Å². The van der Waals surface area contributed by atoms with Crippen molar-refractivity contribution in [3.05, 3.63) is 23.3 Å². The second-order valence-corrected chi connectivity index (χ2v) is 7.82. The van der Waals surface area contributed by atoms with Crippen molar-refractivity contribution >= 4 is 62.1 Å². The van der Waals surface area contributed by atoms with Gasteiger partial charge >= 0.3 is 122 Å². The minimum atomic E-state index is 0.230. The Morgan fingerprint density at radius 2 is 1.20 bits per heavy atom. The van der Waals surface area contributed by atoms with Gasteiger partial charge in [-0.2, -0.15) is 0 Å². The van der Waals surface area contributed by atoms with Gasteiger partial charge < -0.3 is 0 Å². The van der Waals surface area contributed by atoms with Gasteiger partial charge in [0.25, 0.3) is 0 Å². The van der Waals surface area contributed by atoms with Gasteiger partial charge in [-0.25, -0.2) is 0 Å². The van der Waals surface area contributed by atoms with Crippen LogP contribution >= 0.6 is 0 Å². The Balaban J connectivity index is 0.000000583. The molecule has 0 aliphatic rings. The van der Waals surface area contributed by atoms with Crippen LogP contribution in [0.25, 0.3) is 0 Å². The number of aryl methyl sites for hydroxylation is 2. The van der Waals surface area contributed by atoms with Crippen LogP contribution in [0.15, 0.2) is 12.1 Å². The first-order valence-corrected chi connectivity index (χ1v) is 12.6. The van der Waals surface area contributed by atoms with Crippen LogP contribution in [0.3, 0.4) is 0 Å². The summed E-state index contributed by atoms with van der Waals surface area (Å²) in [5.41, 5.74) is 2.81. The summed E-state index contributed by atoms with van der Waals surface area (Å²) < 4.78 is 2.61. The van der Waals surface area contributed by atoms with Crippen LogP contribution in [0.1, 0.15) is 25.0 Å². The quantitative estimate of drug-likeness (QED) is 0.608. The zero-order valence-corrected chi connectivity index (χ0v) is 16.2. The second-order valence-electron chi connectivity index (χ2n) is 3.25. The Bertz CT molecular complexity index is 269. The Morgan fingerprint density at radius 1 is 0.933 bits per heavy atom. The molecule has 3 heteroatoms. The van der Waals surface area contributed by atoms with Crippen molar-refractivity contribution in [2.75, 3.05) is 0 Å². The topological polar surface area (TPSA) is 0 Å². The van der Waals surface area contributed by atoms with Crippen LogP contribution in [0.2, 0.25) is 9.88 Å².